The number of aromatic nitrogens is 1. The summed E-state index contributed by atoms with van der Waals surface area (Å²) in [6.07, 6.45) is 0. The molecule has 0 aliphatic carbocycles. The van der Waals surface area contributed by atoms with Crippen LogP contribution >= 0.6 is 18.9 Å². The van der Waals surface area contributed by atoms with Gasteiger partial charge in [0.2, 0.25) is 0 Å². The Morgan fingerprint density at radius 3 is 1.66 bits per heavy atom. The highest BCUT2D eigenvalue weighted by molar-refractivity contribution is 7.99. The van der Waals surface area contributed by atoms with E-state index in [1.54, 1.807) is 11.8 Å². The van der Waals surface area contributed by atoms with Gasteiger partial charge in [0.1, 0.15) is 0 Å². The standard InChI is InChI=1S/C57H38NOPS/c59-60(43-18-3-1-4-19-43,44-20-5-2-6-21-44)45-34-30-41(31-35-45)57(42-32-36-46(37-33-42)61-54-28-13-17-39-15-7-9-22-47(39)54)50-25-11-12-27-52(50)58-53-38-29-40-16-8-10-23-48(40)55(53)49-24-14-26-51(57)56(49)58/h1-38H. The summed E-state index contributed by atoms with van der Waals surface area (Å²) >= 11 is 1.81. The molecule has 288 valence electrons. The number of nitrogens with zero attached hydrogens (tertiary/aromatic N) is 1. The number of para-hydroxylation sites is 2. The molecule has 2 heterocycles. The number of rotatable bonds is 7. The summed E-state index contributed by atoms with van der Waals surface area (Å²) in [4.78, 5) is 2.42. The smallest absolute Gasteiger partial charge is 0.171 e. The average molecular weight is 816 g/mol. The van der Waals surface area contributed by atoms with Crippen molar-refractivity contribution in [1.29, 1.82) is 0 Å². The van der Waals surface area contributed by atoms with Crippen LogP contribution in [0.25, 0.3) is 49.0 Å². The van der Waals surface area contributed by atoms with Crippen molar-refractivity contribution in [2.24, 2.45) is 0 Å². The molecule has 4 heteroatoms. The molecule has 11 aromatic rings. The molecule has 0 bridgehead atoms. The largest absolute Gasteiger partial charge is 0.309 e. The summed E-state index contributed by atoms with van der Waals surface area (Å²) < 4.78 is 18.1. The number of benzene rings is 10. The van der Waals surface area contributed by atoms with Crippen molar-refractivity contribution in [3.8, 4) is 5.69 Å². The molecule has 1 aliphatic heterocycles. The first-order valence-corrected chi connectivity index (χ1v) is 23.3. The van der Waals surface area contributed by atoms with Gasteiger partial charge in [-0.3, -0.25) is 0 Å². The molecule has 2 nitrogen and oxygen atoms in total. The van der Waals surface area contributed by atoms with Crippen molar-refractivity contribution < 1.29 is 4.57 Å². The Kier molecular flexibility index (Phi) is 8.32. The first-order valence-electron chi connectivity index (χ1n) is 20.8. The van der Waals surface area contributed by atoms with E-state index in [2.05, 4.69) is 174 Å². The van der Waals surface area contributed by atoms with Gasteiger partial charge >= 0.3 is 0 Å². The quantitative estimate of drug-likeness (QED) is 0.150. The Hall–Kier alpha value is -6.90. The Labute approximate surface area is 359 Å². The summed E-state index contributed by atoms with van der Waals surface area (Å²) in [5.41, 5.74) is 7.60. The van der Waals surface area contributed by atoms with E-state index in [0.717, 1.165) is 27.2 Å². The lowest BCUT2D eigenvalue weighted by atomic mass is 9.63. The normalized spacial score (nSPS) is 14.8. The second-order valence-corrected chi connectivity index (χ2v) is 19.8. The van der Waals surface area contributed by atoms with Crippen molar-refractivity contribution in [1.82, 2.24) is 4.57 Å². The minimum absolute atomic E-state index is 0.707. The van der Waals surface area contributed by atoms with E-state index in [1.165, 1.54) is 69.8 Å². The second kappa shape index (κ2) is 14.1. The average Bonchev–Trinajstić information content (AvgIpc) is 3.68. The van der Waals surface area contributed by atoms with E-state index in [0.29, 0.717) is 0 Å². The van der Waals surface area contributed by atoms with E-state index in [1.807, 2.05) is 60.7 Å². The lowest BCUT2D eigenvalue weighted by Crippen LogP contribution is -2.35. The molecule has 1 aromatic heterocycles. The molecule has 0 radical (unpaired) electrons. The maximum Gasteiger partial charge on any atom is 0.171 e. The molecule has 0 saturated heterocycles. The highest BCUT2D eigenvalue weighted by atomic mass is 32.2. The molecule has 1 unspecified atom stereocenters. The maximum absolute atomic E-state index is 15.6. The van der Waals surface area contributed by atoms with E-state index < -0.39 is 12.6 Å². The predicted molar refractivity (Wildman–Crippen MR) is 258 cm³/mol. The van der Waals surface area contributed by atoms with Crippen LogP contribution in [0.4, 0.5) is 0 Å². The van der Waals surface area contributed by atoms with Gasteiger partial charge in [0, 0.05) is 36.5 Å². The van der Waals surface area contributed by atoms with Gasteiger partial charge in [-0.1, -0.05) is 212 Å². The molecule has 12 rings (SSSR count). The Morgan fingerprint density at radius 2 is 0.934 bits per heavy atom. The fraction of sp³-hybridized carbons (Fsp3) is 0.0175. The maximum atomic E-state index is 15.6. The zero-order chi connectivity index (χ0) is 40.5. The zero-order valence-electron chi connectivity index (χ0n) is 33.2. The lowest BCUT2D eigenvalue weighted by molar-refractivity contribution is 0.592. The molecular formula is C57H38NOPS. The van der Waals surface area contributed by atoms with Gasteiger partial charge in [0.05, 0.1) is 22.1 Å². The van der Waals surface area contributed by atoms with Crippen LogP contribution in [0.1, 0.15) is 22.3 Å². The highest BCUT2D eigenvalue weighted by Gasteiger charge is 2.45. The fourth-order valence-electron chi connectivity index (χ4n) is 10.1. The van der Waals surface area contributed by atoms with Crippen LogP contribution in [0.2, 0.25) is 0 Å². The molecule has 0 amide bonds. The van der Waals surface area contributed by atoms with Crippen LogP contribution < -0.4 is 15.9 Å². The first kappa shape index (κ1) is 36.0. The van der Waals surface area contributed by atoms with Crippen LogP contribution in [0.15, 0.2) is 240 Å². The molecular weight excluding hydrogens is 778 g/mol. The Balaban J connectivity index is 1.12. The second-order valence-electron chi connectivity index (χ2n) is 15.9. The van der Waals surface area contributed by atoms with Crippen molar-refractivity contribution >= 4 is 78.2 Å². The molecule has 0 spiro atoms. The van der Waals surface area contributed by atoms with Gasteiger partial charge in [-0.15, -0.1) is 0 Å². The van der Waals surface area contributed by atoms with Crippen molar-refractivity contribution in [3.05, 3.63) is 253 Å². The van der Waals surface area contributed by atoms with Crippen LogP contribution in [-0.4, -0.2) is 4.57 Å². The van der Waals surface area contributed by atoms with Crippen LogP contribution in [0.3, 0.4) is 0 Å². The third kappa shape index (κ3) is 5.34. The van der Waals surface area contributed by atoms with Crippen LogP contribution in [-0.2, 0) is 9.98 Å². The third-order valence-corrected chi connectivity index (χ3v) is 17.0. The minimum atomic E-state index is -3.20. The van der Waals surface area contributed by atoms with E-state index in [-0.39, 0.29) is 0 Å². The Morgan fingerprint density at radius 1 is 0.410 bits per heavy atom. The van der Waals surface area contributed by atoms with Gasteiger partial charge in [0.25, 0.3) is 0 Å². The molecule has 10 aromatic carbocycles. The fourth-order valence-corrected chi connectivity index (χ4v) is 13.8. The van der Waals surface area contributed by atoms with Crippen molar-refractivity contribution in [2.75, 3.05) is 0 Å². The van der Waals surface area contributed by atoms with Gasteiger partial charge in [-0.25, -0.2) is 0 Å². The van der Waals surface area contributed by atoms with Gasteiger partial charge < -0.3 is 9.13 Å². The SMILES string of the molecule is O=P(c1ccccc1)(c1ccccc1)c1ccc(C2(c3ccc(Sc4cccc5ccccc45)cc3)c3ccccc3-n3c4ccc5ccccc5c4c4cccc2c43)cc1. The molecule has 0 N–H and O–H groups in total. The third-order valence-electron chi connectivity index (χ3n) is 12.8. The molecule has 61 heavy (non-hydrogen) atoms. The van der Waals surface area contributed by atoms with Crippen molar-refractivity contribution in [3.63, 3.8) is 0 Å². The lowest BCUT2D eigenvalue weighted by Gasteiger charge is -2.42. The summed E-state index contributed by atoms with van der Waals surface area (Å²) in [5.74, 6) is 0. The summed E-state index contributed by atoms with van der Waals surface area (Å²) in [5, 5.41) is 9.95. The van der Waals surface area contributed by atoms with Gasteiger partial charge in [-0.2, -0.15) is 0 Å². The van der Waals surface area contributed by atoms with Gasteiger partial charge in [0.15, 0.2) is 7.14 Å². The minimum Gasteiger partial charge on any atom is -0.309 e. The van der Waals surface area contributed by atoms with Crippen molar-refractivity contribution in [2.45, 2.75) is 15.2 Å². The molecule has 0 fully saturated rings. The number of hydrogen-bond donors (Lipinski definition) is 0. The van der Waals surface area contributed by atoms with Gasteiger partial charge in [-0.05, 0) is 74.1 Å². The van der Waals surface area contributed by atoms with Crippen LogP contribution in [0, 0.1) is 0 Å². The summed E-state index contributed by atoms with van der Waals surface area (Å²) in [7, 11) is -3.20. The summed E-state index contributed by atoms with van der Waals surface area (Å²) in [6.45, 7) is 0. The number of fused-ring (bicyclic) bond motifs is 8. The molecule has 0 saturated carbocycles. The van der Waals surface area contributed by atoms with Crippen LogP contribution in [0.5, 0.6) is 0 Å². The summed E-state index contributed by atoms with van der Waals surface area (Å²) in [6, 6.07) is 82.2. The molecule has 1 aliphatic rings. The van der Waals surface area contributed by atoms with E-state index in [4.69, 9.17) is 0 Å². The first-order chi connectivity index (χ1) is 30.1. The van der Waals surface area contributed by atoms with E-state index >= 15 is 4.57 Å². The predicted octanol–water partition coefficient (Wildman–Crippen LogP) is 13.6. The Bertz CT molecular complexity index is 3470. The zero-order valence-corrected chi connectivity index (χ0v) is 34.9. The number of hydrogen-bond acceptors (Lipinski definition) is 2. The topological polar surface area (TPSA) is 22.0 Å². The molecule has 1 atom stereocenters. The monoisotopic (exact) mass is 815 g/mol. The van der Waals surface area contributed by atoms with E-state index in [9.17, 15) is 0 Å². The highest BCUT2D eigenvalue weighted by Crippen LogP contribution is 2.55.